The highest BCUT2D eigenvalue weighted by Crippen LogP contribution is 2.33. The van der Waals surface area contributed by atoms with Crippen molar-refractivity contribution in [2.24, 2.45) is 0 Å². The molecule has 3 heterocycles. The molecular formula is C28H25N7O3S. The highest BCUT2D eigenvalue weighted by atomic mass is 32.1. The lowest BCUT2D eigenvalue weighted by Crippen LogP contribution is -2.20. The number of thiazole rings is 1. The smallest absolute Gasteiger partial charge is 0.251 e. The Labute approximate surface area is 228 Å². The van der Waals surface area contributed by atoms with E-state index in [1.54, 1.807) is 35.7 Å². The zero-order valence-electron chi connectivity index (χ0n) is 21.3. The molecule has 196 valence electrons. The lowest BCUT2D eigenvalue weighted by atomic mass is 10.1. The van der Waals surface area contributed by atoms with Gasteiger partial charge in [-0.1, -0.05) is 11.3 Å². The summed E-state index contributed by atoms with van der Waals surface area (Å²) in [6, 6.07) is 19.4. The van der Waals surface area contributed by atoms with Crippen LogP contribution in [0.4, 0.5) is 11.4 Å². The molecule has 11 heteroatoms. The van der Waals surface area contributed by atoms with E-state index in [0.717, 1.165) is 32.0 Å². The van der Waals surface area contributed by atoms with Gasteiger partial charge in [-0.15, -0.1) is 16.4 Å². The van der Waals surface area contributed by atoms with Crippen LogP contribution >= 0.6 is 11.3 Å². The highest BCUT2D eigenvalue weighted by Gasteiger charge is 2.22. The third kappa shape index (κ3) is 5.16. The van der Waals surface area contributed by atoms with E-state index < -0.39 is 0 Å². The van der Waals surface area contributed by atoms with Gasteiger partial charge in [0.05, 0.1) is 16.4 Å². The molecule has 0 radical (unpaired) electrons. The summed E-state index contributed by atoms with van der Waals surface area (Å²) in [6.45, 7) is 0.599. The van der Waals surface area contributed by atoms with Gasteiger partial charge in [0.1, 0.15) is 29.6 Å². The Morgan fingerprint density at radius 3 is 2.82 bits per heavy atom. The summed E-state index contributed by atoms with van der Waals surface area (Å²) in [6.07, 6.45) is 1.68. The topological polar surface area (TPSA) is 114 Å². The number of carbonyl (C=O) groups excluding carboxylic acids is 2. The van der Waals surface area contributed by atoms with Gasteiger partial charge in [0, 0.05) is 48.7 Å². The average Bonchev–Trinajstić information content (AvgIpc) is 3.66. The molecule has 3 aromatic carbocycles. The highest BCUT2D eigenvalue weighted by molar-refractivity contribution is 7.21. The summed E-state index contributed by atoms with van der Waals surface area (Å²) in [5.74, 6) is 0.309. The maximum absolute atomic E-state index is 12.6. The number of hydrogen-bond donors (Lipinski definition) is 2. The Morgan fingerprint density at radius 1 is 1.15 bits per heavy atom. The number of rotatable bonds is 8. The normalized spacial score (nSPS) is 12.3. The molecular weight excluding hydrogens is 514 g/mol. The van der Waals surface area contributed by atoms with Gasteiger partial charge in [0.15, 0.2) is 0 Å². The quantitative estimate of drug-likeness (QED) is 0.305. The van der Waals surface area contributed by atoms with Crippen molar-refractivity contribution in [3.63, 3.8) is 0 Å². The number of aromatic nitrogens is 4. The molecule has 39 heavy (non-hydrogen) atoms. The fraction of sp³-hybridized carbons (Fsp3) is 0.179. The summed E-state index contributed by atoms with van der Waals surface area (Å²) in [7, 11) is 4.04. The fourth-order valence-electron chi connectivity index (χ4n) is 4.37. The van der Waals surface area contributed by atoms with Crippen LogP contribution in [0.15, 0.2) is 66.9 Å². The van der Waals surface area contributed by atoms with Crippen molar-refractivity contribution in [2.75, 3.05) is 24.3 Å². The predicted molar refractivity (Wildman–Crippen MR) is 150 cm³/mol. The monoisotopic (exact) mass is 539 g/mol. The van der Waals surface area contributed by atoms with E-state index in [0.29, 0.717) is 29.2 Å². The third-order valence-corrected chi connectivity index (χ3v) is 7.46. The minimum absolute atomic E-state index is 0.0107. The van der Waals surface area contributed by atoms with Crippen LogP contribution in [-0.4, -0.2) is 45.9 Å². The summed E-state index contributed by atoms with van der Waals surface area (Å²) in [5.41, 5.74) is 5.72. The number of nitrogens with zero attached hydrogens (tertiary/aromatic N) is 5. The standard InChI is InChI=1S/C28H25N7O3S/c1-34(2)19-8-6-17(7-9-19)28-31-24-11-10-20(12-25(24)39-28)38-16-18-14-35(33-32-18)15-26(36)30-23-5-3-4-21-22(23)13-29-27(21)37/h3-12,14H,13,15-16H2,1-2H3,(H,29,37)(H,30,36). The Kier molecular flexibility index (Phi) is 6.41. The second-order valence-corrected chi connectivity index (χ2v) is 10.4. The van der Waals surface area contributed by atoms with Crippen LogP contribution in [0.2, 0.25) is 0 Å². The third-order valence-electron chi connectivity index (χ3n) is 6.39. The SMILES string of the molecule is CN(C)c1ccc(-c2nc3ccc(OCc4cn(CC(=O)Nc5cccc6c5CNC6=O)nn4)cc3s2)cc1. The molecule has 1 aliphatic rings. The number of anilines is 2. The van der Waals surface area contributed by atoms with Crippen LogP contribution < -0.4 is 20.3 Å². The number of carbonyl (C=O) groups is 2. The maximum Gasteiger partial charge on any atom is 0.251 e. The Balaban J connectivity index is 1.07. The molecule has 2 aromatic heterocycles. The van der Waals surface area contributed by atoms with Crippen molar-refractivity contribution in [1.82, 2.24) is 25.3 Å². The molecule has 0 aliphatic carbocycles. The van der Waals surface area contributed by atoms with Crippen molar-refractivity contribution < 1.29 is 14.3 Å². The van der Waals surface area contributed by atoms with E-state index in [9.17, 15) is 9.59 Å². The molecule has 5 aromatic rings. The molecule has 0 atom stereocenters. The number of fused-ring (bicyclic) bond motifs is 2. The Bertz CT molecular complexity index is 1690. The van der Waals surface area contributed by atoms with Gasteiger partial charge in [0.2, 0.25) is 5.91 Å². The lowest BCUT2D eigenvalue weighted by Gasteiger charge is -2.11. The van der Waals surface area contributed by atoms with E-state index in [4.69, 9.17) is 9.72 Å². The lowest BCUT2D eigenvalue weighted by molar-refractivity contribution is -0.116. The van der Waals surface area contributed by atoms with Crippen molar-refractivity contribution >= 4 is 44.7 Å². The minimum atomic E-state index is -0.261. The summed E-state index contributed by atoms with van der Waals surface area (Å²) in [4.78, 5) is 31.3. The van der Waals surface area contributed by atoms with Crippen LogP contribution in [0, 0.1) is 0 Å². The van der Waals surface area contributed by atoms with Gasteiger partial charge in [-0.3, -0.25) is 9.59 Å². The van der Waals surface area contributed by atoms with Gasteiger partial charge >= 0.3 is 0 Å². The Morgan fingerprint density at radius 2 is 2.00 bits per heavy atom. The van der Waals surface area contributed by atoms with Gasteiger partial charge in [-0.2, -0.15) is 0 Å². The van der Waals surface area contributed by atoms with Gasteiger partial charge < -0.3 is 20.3 Å². The second kappa shape index (κ2) is 10.2. The number of ether oxygens (including phenoxy) is 1. The molecule has 2 N–H and O–H groups in total. The predicted octanol–water partition coefficient (Wildman–Crippen LogP) is 4.08. The number of amides is 2. The molecule has 2 amide bonds. The summed E-state index contributed by atoms with van der Waals surface area (Å²) in [5, 5.41) is 14.8. The molecule has 6 rings (SSSR count). The first-order valence-electron chi connectivity index (χ1n) is 12.3. The number of benzene rings is 3. The molecule has 10 nitrogen and oxygen atoms in total. The first-order valence-corrected chi connectivity index (χ1v) is 13.1. The summed E-state index contributed by atoms with van der Waals surface area (Å²) < 4.78 is 8.44. The molecule has 0 spiro atoms. The van der Waals surface area contributed by atoms with Crippen LogP contribution in [0.1, 0.15) is 21.6 Å². The average molecular weight is 540 g/mol. The van der Waals surface area contributed by atoms with Crippen LogP contribution in [0.5, 0.6) is 5.75 Å². The van der Waals surface area contributed by atoms with Crippen molar-refractivity contribution in [3.8, 4) is 16.3 Å². The van der Waals surface area contributed by atoms with E-state index in [-0.39, 0.29) is 25.0 Å². The van der Waals surface area contributed by atoms with E-state index >= 15 is 0 Å². The number of hydrogen-bond acceptors (Lipinski definition) is 8. The van der Waals surface area contributed by atoms with Crippen LogP contribution in [0.25, 0.3) is 20.8 Å². The second-order valence-electron chi connectivity index (χ2n) is 9.35. The number of nitrogens with one attached hydrogen (secondary N) is 2. The van der Waals surface area contributed by atoms with Gasteiger partial charge in [-0.25, -0.2) is 9.67 Å². The first-order chi connectivity index (χ1) is 18.9. The molecule has 0 saturated carbocycles. The Hall–Kier alpha value is -4.77. The van der Waals surface area contributed by atoms with Crippen molar-refractivity contribution in [2.45, 2.75) is 19.7 Å². The zero-order valence-corrected chi connectivity index (χ0v) is 22.2. The fourth-order valence-corrected chi connectivity index (χ4v) is 5.37. The molecule has 0 unspecified atom stereocenters. The van der Waals surface area contributed by atoms with Gasteiger partial charge in [-0.05, 0) is 54.6 Å². The van der Waals surface area contributed by atoms with Crippen molar-refractivity contribution in [1.29, 1.82) is 0 Å². The van der Waals surface area contributed by atoms with Crippen molar-refractivity contribution in [3.05, 3.63) is 83.7 Å². The summed E-state index contributed by atoms with van der Waals surface area (Å²) >= 11 is 1.62. The molecule has 0 fully saturated rings. The zero-order chi connectivity index (χ0) is 26.9. The van der Waals surface area contributed by atoms with Crippen LogP contribution in [0.3, 0.4) is 0 Å². The first kappa shape index (κ1) is 24.6. The minimum Gasteiger partial charge on any atom is -0.487 e. The molecule has 0 saturated heterocycles. The van der Waals surface area contributed by atoms with E-state index in [1.165, 1.54) is 4.68 Å². The molecule has 0 bridgehead atoms. The maximum atomic E-state index is 12.6. The van der Waals surface area contributed by atoms with Gasteiger partial charge in [0.25, 0.3) is 5.91 Å². The van der Waals surface area contributed by atoms with E-state index in [2.05, 4.69) is 50.1 Å². The largest absolute Gasteiger partial charge is 0.487 e. The van der Waals surface area contributed by atoms with Crippen LogP contribution in [-0.2, 0) is 24.5 Å². The molecule has 1 aliphatic heterocycles. The van der Waals surface area contributed by atoms with E-state index in [1.807, 2.05) is 32.3 Å².